The van der Waals surface area contributed by atoms with E-state index in [0.717, 1.165) is 0 Å². The van der Waals surface area contributed by atoms with Gasteiger partial charge in [-0.05, 0) is 0 Å². The van der Waals surface area contributed by atoms with Gasteiger partial charge in [0.1, 0.15) is 0 Å². The predicted octanol–water partition coefficient (Wildman–Crippen LogP) is -0.983. The Balaban J connectivity index is 0. The summed E-state index contributed by atoms with van der Waals surface area (Å²) in [6, 6.07) is 0. The Bertz CT molecular complexity index is 13.5. The van der Waals surface area contributed by atoms with Crippen molar-refractivity contribution >= 4 is 48.9 Å². The van der Waals surface area contributed by atoms with E-state index < -0.39 is 0 Å². The molecule has 4 heavy (non-hydrogen) atoms. The first-order valence-electron chi connectivity index (χ1n) is 0. The van der Waals surface area contributed by atoms with E-state index in [9.17, 15) is 0 Å². The second kappa shape index (κ2) is 16.3. The molecule has 0 bridgehead atoms. The van der Waals surface area contributed by atoms with Gasteiger partial charge in [-0.1, -0.05) is 0 Å². The first-order valence-corrected chi connectivity index (χ1v) is 0. The summed E-state index contributed by atoms with van der Waals surface area (Å²) in [7, 11) is 0. The zero-order valence-electron chi connectivity index (χ0n) is 4.14. The van der Waals surface area contributed by atoms with E-state index in [2.05, 4.69) is 0 Å². The molecule has 0 rings (SSSR count). The van der Waals surface area contributed by atoms with Crippen LogP contribution < -0.4 is 0 Å². The Hall–Kier alpha value is 3.25. The normalized spacial score (nSPS) is 0. The van der Waals surface area contributed by atoms with Gasteiger partial charge in [-0.3, -0.25) is 0 Å². The molecule has 4 heteroatoms. The Kier molecular flexibility index (Phi) is 109. The van der Waals surface area contributed by atoms with Gasteiger partial charge in [0, 0.05) is 52.7 Å². The van der Waals surface area contributed by atoms with Crippen LogP contribution in [0.3, 0.4) is 0 Å². The van der Waals surface area contributed by atoms with E-state index >= 15 is 0 Å². The second-order valence-corrected chi connectivity index (χ2v) is 0. The van der Waals surface area contributed by atoms with Gasteiger partial charge in [-0.15, -0.1) is 0 Å². The number of hydrogen-bond donors (Lipinski definition) is 0. The van der Waals surface area contributed by atoms with Gasteiger partial charge in [-0.25, -0.2) is 0 Å². The van der Waals surface area contributed by atoms with Crippen LogP contribution in [0.25, 0.3) is 0 Å². The largest absolute Gasteiger partial charge is 2.00 e. The third-order valence-corrected chi connectivity index (χ3v) is 0. The summed E-state index contributed by atoms with van der Waals surface area (Å²) in [6.45, 7) is 0. The monoisotopic (exact) mass is 353 g/mol. The molecule has 0 aromatic rings. The maximum Gasteiger partial charge on any atom is 2.00 e. The molecule has 0 unspecified atom stereocenters. The van der Waals surface area contributed by atoms with Crippen LogP contribution in [-0.4, -0.2) is 54.4 Å². The first kappa shape index (κ1) is 26.8. The summed E-state index contributed by atoms with van der Waals surface area (Å²) in [6.07, 6.45) is 0. The van der Waals surface area contributed by atoms with Crippen molar-refractivity contribution in [3.8, 4) is 0 Å². The van der Waals surface area contributed by atoms with Gasteiger partial charge in [0.25, 0.3) is 0 Å². The van der Waals surface area contributed by atoms with Crippen molar-refractivity contribution in [1.29, 1.82) is 0 Å². The van der Waals surface area contributed by atoms with Crippen molar-refractivity contribution in [2.45, 2.75) is 0 Å². The van der Waals surface area contributed by atoms with Crippen LogP contribution in [0.1, 0.15) is 2.85 Å². The molecule has 0 aliphatic carbocycles. The summed E-state index contributed by atoms with van der Waals surface area (Å²) in [5, 5.41) is 0. The van der Waals surface area contributed by atoms with Crippen molar-refractivity contribution in [2.24, 2.45) is 0 Å². The molecule has 0 aliphatic rings. The predicted molar refractivity (Wildman–Crippen MR) is 11.6 cm³/mol. The van der Waals surface area contributed by atoms with Crippen molar-refractivity contribution in [3.05, 3.63) is 0 Å². The third-order valence-electron chi connectivity index (χ3n) is 0. The molecule has 0 aromatic carbocycles. The zero-order chi connectivity index (χ0) is 0. The van der Waals surface area contributed by atoms with Crippen LogP contribution >= 0.6 is 0 Å². The second-order valence-electron chi connectivity index (χ2n) is 0. The molecule has 0 fully saturated rings. The average molecular weight is 352 g/mol. The topological polar surface area (TPSA) is 31.5 Å². The van der Waals surface area contributed by atoms with Crippen LogP contribution in [0.5, 0.6) is 0 Å². The fourth-order valence-corrected chi connectivity index (χ4v) is 0. The average Bonchev–Trinajstić information content (AvgIpc) is 0. The minimum absolute atomic E-state index is 0. The molecule has 0 heterocycles. The van der Waals surface area contributed by atoms with E-state index in [1.807, 2.05) is 0 Å². The molecule has 0 saturated carbocycles. The van der Waals surface area contributed by atoms with E-state index in [0.29, 0.717) is 0 Å². The van der Waals surface area contributed by atoms with Crippen LogP contribution in [-0.2, 0) is 17.1 Å². The summed E-state index contributed by atoms with van der Waals surface area (Å²) in [5.41, 5.74) is 0. The van der Waals surface area contributed by atoms with Gasteiger partial charge in [0.2, 0.25) is 0 Å². The minimum atomic E-state index is 0. The molecule has 0 aromatic heterocycles. The molecule has 23 valence electrons. The molecular formula is H4BaFeLaO. The molecule has 0 spiro atoms. The SMILES string of the molecule is O.[Ba+2].[Fe].[H-].[H-].[La]. The molecule has 0 amide bonds. The first-order chi connectivity index (χ1) is 0. The van der Waals surface area contributed by atoms with Gasteiger partial charge in [0.15, 0.2) is 0 Å². The van der Waals surface area contributed by atoms with Gasteiger partial charge < -0.3 is 8.33 Å². The molecular weight excluding hydrogens is 348 g/mol. The molecule has 2 N–H and O–H groups in total. The van der Waals surface area contributed by atoms with E-state index in [1.54, 1.807) is 0 Å². The van der Waals surface area contributed by atoms with Crippen LogP contribution in [0.2, 0.25) is 0 Å². The molecule has 0 atom stereocenters. The fraction of sp³-hybridized carbons (Fsp3) is 0. The standard InChI is InChI=1S/Ba.Fe.La.H2O.2H/h;;;1H2;;/q+2;;;;2*-1. The summed E-state index contributed by atoms with van der Waals surface area (Å²) >= 11 is 0. The van der Waals surface area contributed by atoms with Crippen molar-refractivity contribution in [2.75, 3.05) is 0 Å². The maximum atomic E-state index is 0. The summed E-state index contributed by atoms with van der Waals surface area (Å²) in [5.74, 6) is 0. The molecule has 0 saturated heterocycles. The quantitative estimate of drug-likeness (QED) is 0.502. The minimum Gasteiger partial charge on any atom is -1.00 e. The molecule has 1 radical (unpaired) electrons. The van der Waals surface area contributed by atoms with E-state index in [1.165, 1.54) is 0 Å². The Morgan fingerprint density at radius 1 is 1.25 bits per heavy atom. The Labute approximate surface area is 107 Å². The number of hydrogen-bond acceptors (Lipinski definition) is 0. The van der Waals surface area contributed by atoms with Crippen molar-refractivity contribution in [3.63, 3.8) is 0 Å². The van der Waals surface area contributed by atoms with Crippen molar-refractivity contribution < 1.29 is 61.0 Å². The maximum absolute atomic E-state index is 0. The Morgan fingerprint density at radius 2 is 1.25 bits per heavy atom. The van der Waals surface area contributed by atoms with Gasteiger partial charge in [0.05, 0.1) is 0 Å². The smallest absolute Gasteiger partial charge is 1.00 e. The molecule has 0 aliphatic heterocycles. The summed E-state index contributed by atoms with van der Waals surface area (Å²) in [4.78, 5) is 0. The van der Waals surface area contributed by atoms with Crippen LogP contribution in [0.15, 0.2) is 0 Å². The number of rotatable bonds is 0. The fourth-order valence-electron chi connectivity index (χ4n) is 0. The Morgan fingerprint density at radius 3 is 1.25 bits per heavy atom. The van der Waals surface area contributed by atoms with Crippen molar-refractivity contribution in [1.82, 2.24) is 0 Å². The van der Waals surface area contributed by atoms with E-state index in [4.69, 9.17) is 0 Å². The van der Waals surface area contributed by atoms with Crippen LogP contribution in [0, 0.1) is 35.6 Å². The molecule has 1 nitrogen and oxygen atoms in total. The summed E-state index contributed by atoms with van der Waals surface area (Å²) < 4.78 is 0. The van der Waals surface area contributed by atoms with Gasteiger partial charge >= 0.3 is 48.9 Å². The zero-order valence-corrected chi connectivity index (χ0v) is 11.3. The van der Waals surface area contributed by atoms with E-state index in [-0.39, 0.29) is 110 Å². The van der Waals surface area contributed by atoms with Gasteiger partial charge in [-0.2, -0.15) is 0 Å². The third kappa shape index (κ3) is 8.98. The van der Waals surface area contributed by atoms with Crippen LogP contribution in [0.4, 0.5) is 0 Å².